The van der Waals surface area contributed by atoms with E-state index in [1.165, 1.54) is 31.3 Å². The van der Waals surface area contributed by atoms with E-state index >= 15 is 0 Å². The van der Waals surface area contributed by atoms with Gasteiger partial charge in [-0.1, -0.05) is 45.3 Å². The zero-order valence-electron chi connectivity index (χ0n) is 22.2. The first-order chi connectivity index (χ1) is 16.4. The third-order valence-electron chi connectivity index (χ3n) is 10.8. The molecule has 8 atom stereocenters. The Morgan fingerprint density at radius 3 is 2.46 bits per heavy atom. The second-order valence-electron chi connectivity index (χ2n) is 13.1. The van der Waals surface area contributed by atoms with Crippen LogP contribution in [0.5, 0.6) is 0 Å². The van der Waals surface area contributed by atoms with Crippen molar-refractivity contribution in [1.82, 2.24) is 0 Å². The van der Waals surface area contributed by atoms with Crippen molar-refractivity contribution in [3.8, 4) is 0 Å². The van der Waals surface area contributed by atoms with Crippen molar-refractivity contribution in [3.63, 3.8) is 0 Å². The van der Waals surface area contributed by atoms with Crippen LogP contribution in [-0.4, -0.2) is 28.5 Å². The molecule has 202 valence electrons. The van der Waals surface area contributed by atoms with E-state index in [0.717, 1.165) is 62.7 Å². The summed E-state index contributed by atoms with van der Waals surface area (Å²) in [7, 11) is -5.59. The Morgan fingerprint density at radius 2 is 1.77 bits per heavy atom. The Labute approximate surface area is 215 Å². The number of hydrogen-bond acceptors (Lipinski definition) is 6. The lowest BCUT2D eigenvalue weighted by atomic mass is 9.47. The van der Waals surface area contributed by atoms with Crippen molar-refractivity contribution in [2.45, 2.75) is 117 Å². The van der Waals surface area contributed by atoms with Gasteiger partial charge in [0.1, 0.15) is 0 Å². The fraction of sp³-hybridized carbons (Fsp3) is 0.926. The van der Waals surface area contributed by atoms with Crippen molar-refractivity contribution in [2.24, 2.45) is 40.4 Å². The smallest absolute Gasteiger partial charge is 0.257 e. The Kier molecular flexibility index (Phi) is 8.18. The highest BCUT2D eigenvalue weighted by molar-refractivity contribution is 7.67. The second-order valence-corrected chi connectivity index (χ2v) is 14.4. The topological polar surface area (TPSA) is 86.7 Å². The van der Waals surface area contributed by atoms with Crippen LogP contribution >= 0.6 is 0 Å². The van der Waals surface area contributed by atoms with Gasteiger partial charge in [0.2, 0.25) is 0 Å². The zero-order valence-corrected chi connectivity index (χ0v) is 24.0. The molecule has 4 aliphatic carbocycles. The van der Waals surface area contributed by atoms with Crippen LogP contribution in [0.15, 0.2) is 11.6 Å². The number of allylic oxidation sites excluding steroid dienone is 1. The van der Waals surface area contributed by atoms with Gasteiger partial charge < -0.3 is 0 Å². The van der Waals surface area contributed by atoms with Gasteiger partial charge >= 0.3 is 0 Å². The van der Waals surface area contributed by atoms with Crippen LogP contribution in [0.2, 0.25) is 0 Å². The summed E-state index contributed by atoms with van der Waals surface area (Å²) < 4.78 is 54.5. The molecule has 0 bridgehead atoms. The van der Waals surface area contributed by atoms with Gasteiger partial charge in [0, 0.05) is 0 Å². The molecule has 0 aliphatic heterocycles. The molecule has 0 spiro atoms. The molecule has 0 amide bonds. The molecule has 4 aliphatic rings. The predicted octanol–water partition coefficient (Wildman–Crippen LogP) is 5.61. The van der Waals surface area contributed by atoms with E-state index in [1.54, 1.807) is 0 Å². The lowest BCUT2D eigenvalue weighted by Crippen LogP contribution is -2.51. The summed E-state index contributed by atoms with van der Waals surface area (Å²) in [6.45, 7) is 11.1. The summed E-state index contributed by atoms with van der Waals surface area (Å²) in [5, 5.41) is 0. The first-order valence-corrected chi connectivity index (χ1v) is 15.9. The van der Waals surface area contributed by atoms with Crippen molar-refractivity contribution in [1.29, 1.82) is 0 Å². The number of rotatable bonds is 9. The minimum Gasteiger partial charge on any atom is -0.269 e. The Hall–Kier alpha value is -0.440. The van der Waals surface area contributed by atoms with E-state index in [-0.39, 0.29) is 11.5 Å². The number of hydrogen-bond donors (Lipinski definition) is 2. The quantitative estimate of drug-likeness (QED) is 0.298. The summed E-state index contributed by atoms with van der Waals surface area (Å²) in [4.78, 5) is 0. The average Bonchev–Trinajstić information content (AvgIpc) is 3.10. The maximum Gasteiger partial charge on any atom is 0.257 e. The van der Waals surface area contributed by atoms with Crippen LogP contribution in [-0.2, 0) is 30.3 Å². The van der Waals surface area contributed by atoms with Gasteiger partial charge in [0.05, 0.1) is 11.7 Å². The Morgan fingerprint density at radius 1 is 1.03 bits per heavy atom. The molecule has 0 aromatic heterocycles. The maximum atomic E-state index is 11.1. The predicted molar refractivity (Wildman–Crippen MR) is 139 cm³/mol. The summed E-state index contributed by atoms with van der Waals surface area (Å²) in [5.41, 5.74) is 1.40. The molecule has 0 N–H and O–H groups in total. The summed E-state index contributed by atoms with van der Waals surface area (Å²) in [6.07, 6.45) is 14.1. The molecule has 3 saturated carbocycles. The number of fused-ring (bicyclic) bond motifs is 5. The van der Waals surface area contributed by atoms with Gasteiger partial charge in [-0.25, -0.2) is 16.8 Å². The fourth-order valence-corrected chi connectivity index (χ4v) is 10.0. The van der Waals surface area contributed by atoms with Crippen LogP contribution in [0.4, 0.5) is 0 Å². The normalized spacial score (nSPS) is 40.2. The third kappa shape index (κ3) is 5.56. The molecule has 8 unspecified atom stereocenters. The monoisotopic (exact) mass is 530 g/mol. The molecule has 4 rings (SSSR count). The highest BCUT2D eigenvalue weighted by Crippen LogP contribution is 2.67. The third-order valence-corrected chi connectivity index (χ3v) is 11.9. The molecular weight excluding hydrogens is 484 g/mol. The lowest BCUT2D eigenvalue weighted by molar-refractivity contribution is -0.0556. The second kappa shape index (κ2) is 10.4. The Bertz CT molecular complexity index is 953. The van der Waals surface area contributed by atoms with Crippen molar-refractivity contribution < 1.29 is 25.2 Å². The lowest BCUT2D eigenvalue weighted by Gasteiger charge is -2.58. The molecule has 35 heavy (non-hydrogen) atoms. The SMILES string of the molecule is CC(CCCC(C)(C)O[SH](=O)=O)C1CCC2C3CC=C4CC(O[SH](=O)=O)CCC4(C)C3CCC12C. The van der Waals surface area contributed by atoms with Gasteiger partial charge in [0.15, 0.2) is 0 Å². The van der Waals surface area contributed by atoms with Crippen LogP contribution in [0, 0.1) is 40.4 Å². The highest BCUT2D eigenvalue weighted by atomic mass is 32.2. The fourth-order valence-electron chi connectivity index (χ4n) is 9.11. The minimum absolute atomic E-state index is 0.179. The first kappa shape index (κ1) is 27.6. The molecule has 0 aromatic rings. The summed E-state index contributed by atoms with van der Waals surface area (Å²) >= 11 is 0. The van der Waals surface area contributed by atoms with E-state index in [1.807, 2.05) is 13.8 Å². The van der Waals surface area contributed by atoms with Crippen LogP contribution in [0.1, 0.15) is 105 Å². The van der Waals surface area contributed by atoms with Crippen LogP contribution in [0.25, 0.3) is 0 Å². The van der Waals surface area contributed by atoms with E-state index < -0.39 is 27.6 Å². The molecule has 6 nitrogen and oxygen atoms in total. The average molecular weight is 531 g/mol. The van der Waals surface area contributed by atoms with E-state index in [4.69, 9.17) is 8.37 Å². The minimum atomic E-state index is -2.81. The van der Waals surface area contributed by atoms with Crippen molar-refractivity contribution in [3.05, 3.63) is 11.6 Å². The Balaban J connectivity index is 1.41. The molecule has 3 fully saturated rings. The molecule has 0 heterocycles. The summed E-state index contributed by atoms with van der Waals surface area (Å²) in [5.74, 6) is 3.55. The molecular formula is C27H46O6S2. The molecule has 0 radical (unpaired) electrons. The largest absolute Gasteiger partial charge is 0.269 e. The van der Waals surface area contributed by atoms with Gasteiger partial charge in [-0.15, -0.1) is 0 Å². The molecule has 0 aromatic carbocycles. The molecule has 0 saturated heterocycles. The maximum absolute atomic E-state index is 11.1. The van der Waals surface area contributed by atoms with E-state index in [9.17, 15) is 16.8 Å². The van der Waals surface area contributed by atoms with E-state index in [0.29, 0.717) is 17.3 Å². The van der Waals surface area contributed by atoms with E-state index in [2.05, 4.69) is 26.8 Å². The van der Waals surface area contributed by atoms with Crippen molar-refractivity contribution in [2.75, 3.05) is 0 Å². The number of thiol groups is 2. The van der Waals surface area contributed by atoms with Crippen LogP contribution < -0.4 is 0 Å². The molecule has 8 heteroatoms. The van der Waals surface area contributed by atoms with Crippen molar-refractivity contribution >= 4 is 22.0 Å². The first-order valence-electron chi connectivity index (χ1n) is 13.7. The van der Waals surface area contributed by atoms with Gasteiger partial charge in [-0.05, 0) is 112 Å². The van der Waals surface area contributed by atoms with Gasteiger partial charge in [-0.2, -0.15) is 0 Å². The standard InChI is InChI=1S/C27H46O6S2/c1-18(7-6-14-25(2,3)33-35(30)31)22-10-11-23-21-9-8-19-17-20(32-34(28)29)12-15-26(19,4)24(21)13-16-27(22,23)5/h8,18,20-24,34-35H,6-7,9-17H2,1-5H3. The van der Waals surface area contributed by atoms with Crippen LogP contribution in [0.3, 0.4) is 0 Å². The summed E-state index contributed by atoms with van der Waals surface area (Å²) in [6, 6.07) is 0. The van der Waals surface area contributed by atoms with Gasteiger partial charge in [-0.3, -0.25) is 8.37 Å². The zero-order chi connectivity index (χ0) is 25.6. The van der Waals surface area contributed by atoms with Gasteiger partial charge in [0.25, 0.3) is 22.0 Å². The highest BCUT2D eigenvalue weighted by Gasteiger charge is 2.59.